The third-order valence-corrected chi connectivity index (χ3v) is 5.12. The second kappa shape index (κ2) is 6.14. The van der Waals surface area contributed by atoms with E-state index in [0.717, 1.165) is 0 Å². The van der Waals surface area contributed by atoms with Crippen molar-refractivity contribution < 1.29 is 14.4 Å². The Bertz CT molecular complexity index is 351. The minimum atomic E-state index is -1.18. The molecule has 0 spiro atoms. The van der Waals surface area contributed by atoms with Crippen LogP contribution in [0.1, 0.15) is 26.7 Å². The van der Waals surface area contributed by atoms with Gasteiger partial charge in [0, 0.05) is 10.2 Å². The molecule has 18 heavy (non-hydrogen) atoms. The summed E-state index contributed by atoms with van der Waals surface area (Å²) in [6, 6.07) is -0.741. The summed E-state index contributed by atoms with van der Waals surface area (Å²) in [5.74, 6) is -0.838. The quantitative estimate of drug-likeness (QED) is 0.562. The van der Waals surface area contributed by atoms with E-state index in [4.69, 9.17) is 0 Å². The molecule has 0 aromatic carbocycles. The summed E-state index contributed by atoms with van der Waals surface area (Å²) in [6.45, 7) is 3.88. The number of hydrogen-bond acceptors (Lipinski definition) is 3. The van der Waals surface area contributed by atoms with Gasteiger partial charge in [-0.25, -0.2) is 4.79 Å². The minimum absolute atomic E-state index is 0.0130. The number of hydrogen-bond donors (Lipinski definition) is 2. The zero-order valence-electron chi connectivity index (χ0n) is 10.3. The summed E-state index contributed by atoms with van der Waals surface area (Å²) in [7, 11) is 0. The Morgan fingerprint density at radius 1 is 1.11 bits per heavy atom. The van der Waals surface area contributed by atoms with Crippen molar-refractivity contribution in [2.45, 2.75) is 31.5 Å². The van der Waals surface area contributed by atoms with Crippen LogP contribution in [0, 0.1) is 11.3 Å². The van der Waals surface area contributed by atoms with E-state index in [0.29, 0.717) is 18.2 Å². The van der Waals surface area contributed by atoms with Crippen LogP contribution in [0.4, 0.5) is 4.79 Å². The molecule has 1 heterocycles. The predicted octanol–water partition coefficient (Wildman–Crippen LogP) is 1.93. The number of urea groups is 1. The van der Waals surface area contributed by atoms with Crippen LogP contribution in [-0.4, -0.2) is 28.0 Å². The smallest absolute Gasteiger partial charge is 0.277 e. The van der Waals surface area contributed by atoms with Crippen molar-refractivity contribution in [3.8, 4) is 0 Å². The molecule has 0 radical (unpaired) electrons. The highest BCUT2D eigenvalue weighted by atomic mass is 79.9. The molecule has 1 saturated heterocycles. The van der Waals surface area contributed by atoms with Crippen molar-refractivity contribution in [1.29, 1.82) is 0 Å². The number of halogens is 2. The first kappa shape index (κ1) is 15.6. The van der Waals surface area contributed by atoms with Crippen molar-refractivity contribution in [1.82, 2.24) is 10.6 Å². The summed E-state index contributed by atoms with van der Waals surface area (Å²) in [5.41, 5.74) is -1.18. The molecule has 1 aliphatic rings. The zero-order chi connectivity index (χ0) is 13.9. The number of amides is 4. The lowest BCUT2D eigenvalue weighted by atomic mass is 9.74. The molecule has 1 fully saturated rings. The van der Waals surface area contributed by atoms with E-state index in [9.17, 15) is 14.4 Å². The molecule has 1 atom stereocenters. The molecule has 0 bridgehead atoms. The summed E-state index contributed by atoms with van der Waals surface area (Å²) in [4.78, 5) is 35.3. The summed E-state index contributed by atoms with van der Waals surface area (Å²) < 4.78 is 0. The summed E-state index contributed by atoms with van der Waals surface area (Å²) >= 11 is 6.72. The highest BCUT2D eigenvalue weighted by molar-refractivity contribution is 9.12. The summed E-state index contributed by atoms with van der Waals surface area (Å²) in [5, 5.41) is 5.01. The molecule has 0 aliphatic carbocycles. The fourth-order valence-electron chi connectivity index (χ4n) is 2.16. The first-order valence-electron chi connectivity index (χ1n) is 5.68. The Balaban J connectivity index is 3.05. The molecular weight excluding hydrogens is 368 g/mol. The Labute approximate surface area is 123 Å². The average molecular weight is 384 g/mol. The largest absolute Gasteiger partial charge is 0.328 e. The molecule has 2 N–H and O–H groups in total. The number of imide groups is 2. The third kappa shape index (κ3) is 3.32. The van der Waals surface area contributed by atoms with Crippen molar-refractivity contribution in [2.75, 3.05) is 5.33 Å². The van der Waals surface area contributed by atoms with Crippen LogP contribution in [-0.2, 0) is 9.59 Å². The Morgan fingerprint density at radius 2 is 1.61 bits per heavy atom. The Hall–Kier alpha value is -0.430. The average Bonchev–Trinajstić information content (AvgIpc) is 2.24. The molecular formula is C11H16Br2N2O3. The van der Waals surface area contributed by atoms with Crippen molar-refractivity contribution in [3.63, 3.8) is 0 Å². The van der Waals surface area contributed by atoms with Crippen LogP contribution in [0.2, 0.25) is 0 Å². The molecule has 0 aromatic rings. The second-order valence-electron chi connectivity index (χ2n) is 4.87. The monoisotopic (exact) mass is 382 g/mol. The molecule has 7 heteroatoms. The van der Waals surface area contributed by atoms with Gasteiger partial charge in [-0.2, -0.15) is 0 Å². The molecule has 5 nitrogen and oxygen atoms in total. The van der Waals surface area contributed by atoms with Gasteiger partial charge in [-0.1, -0.05) is 45.7 Å². The minimum Gasteiger partial charge on any atom is -0.277 e. The number of barbiturate groups is 1. The van der Waals surface area contributed by atoms with E-state index in [-0.39, 0.29) is 10.7 Å². The van der Waals surface area contributed by atoms with Crippen molar-refractivity contribution in [3.05, 3.63) is 0 Å². The molecule has 1 rings (SSSR count). The van der Waals surface area contributed by atoms with Crippen molar-refractivity contribution in [2.24, 2.45) is 11.3 Å². The number of alkyl halides is 2. The number of rotatable bonds is 5. The Kier molecular flexibility index (Phi) is 5.33. The molecule has 1 aliphatic heterocycles. The van der Waals surface area contributed by atoms with E-state index in [1.165, 1.54) is 0 Å². The van der Waals surface area contributed by atoms with E-state index in [1.54, 1.807) is 0 Å². The fourth-order valence-corrected chi connectivity index (χ4v) is 2.95. The zero-order valence-corrected chi connectivity index (χ0v) is 13.4. The van der Waals surface area contributed by atoms with Crippen LogP contribution in [0.25, 0.3) is 0 Å². The van der Waals surface area contributed by atoms with E-state index >= 15 is 0 Å². The molecule has 0 saturated carbocycles. The maximum atomic E-state index is 12.1. The van der Waals surface area contributed by atoms with Gasteiger partial charge >= 0.3 is 6.03 Å². The topological polar surface area (TPSA) is 75.3 Å². The van der Waals surface area contributed by atoms with Gasteiger partial charge in [0.25, 0.3) is 0 Å². The van der Waals surface area contributed by atoms with Crippen LogP contribution < -0.4 is 10.6 Å². The molecule has 0 aromatic heterocycles. The number of carbonyl (C=O) groups is 3. The van der Waals surface area contributed by atoms with E-state index < -0.39 is 23.3 Å². The third-order valence-electron chi connectivity index (χ3n) is 2.82. The second-order valence-corrected chi connectivity index (χ2v) is 6.82. The van der Waals surface area contributed by atoms with E-state index in [2.05, 4.69) is 42.5 Å². The standard InChI is InChI=1S/C11H16Br2N2O3/c1-6(2)3-11(4-7(13)5-12)8(16)14-10(18)15-9(11)17/h6-7H,3-5H2,1-2H3,(H2,14,15,16,17,18). The lowest BCUT2D eigenvalue weighted by Gasteiger charge is -2.36. The lowest BCUT2D eigenvalue weighted by molar-refractivity contribution is -0.146. The van der Waals surface area contributed by atoms with Crippen LogP contribution >= 0.6 is 31.9 Å². The van der Waals surface area contributed by atoms with Gasteiger partial charge in [0.05, 0.1) is 0 Å². The van der Waals surface area contributed by atoms with Gasteiger partial charge in [-0.3, -0.25) is 20.2 Å². The predicted molar refractivity (Wildman–Crippen MR) is 74.7 cm³/mol. The van der Waals surface area contributed by atoms with Crippen LogP contribution in [0.3, 0.4) is 0 Å². The highest BCUT2D eigenvalue weighted by Crippen LogP contribution is 2.36. The lowest BCUT2D eigenvalue weighted by Crippen LogP contribution is -2.63. The number of carbonyl (C=O) groups excluding carboxylic acids is 3. The van der Waals surface area contributed by atoms with Gasteiger partial charge in [0.1, 0.15) is 5.41 Å². The van der Waals surface area contributed by atoms with Gasteiger partial charge < -0.3 is 0 Å². The summed E-state index contributed by atoms with van der Waals surface area (Å²) in [6.07, 6.45) is 0.758. The maximum Gasteiger partial charge on any atom is 0.328 e. The Morgan fingerprint density at radius 3 is 2.00 bits per heavy atom. The first-order valence-corrected chi connectivity index (χ1v) is 7.72. The maximum absolute atomic E-state index is 12.1. The SMILES string of the molecule is CC(C)CC1(CC(Br)CBr)C(=O)NC(=O)NC1=O. The fraction of sp³-hybridized carbons (Fsp3) is 0.727. The van der Waals surface area contributed by atoms with Gasteiger partial charge in [0.15, 0.2) is 0 Å². The van der Waals surface area contributed by atoms with Crippen LogP contribution in [0.15, 0.2) is 0 Å². The van der Waals surface area contributed by atoms with Crippen LogP contribution in [0.5, 0.6) is 0 Å². The molecule has 1 unspecified atom stereocenters. The first-order chi connectivity index (χ1) is 8.31. The van der Waals surface area contributed by atoms with Crippen molar-refractivity contribution >= 4 is 49.7 Å². The van der Waals surface area contributed by atoms with Gasteiger partial charge in [0.2, 0.25) is 11.8 Å². The normalized spacial score (nSPS) is 20.6. The molecule has 102 valence electrons. The van der Waals surface area contributed by atoms with Gasteiger partial charge in [-0.15, -0.1) is 0 Å². The van der Waals surface area contributed by atoms with Gasteiger partial charge in [-0.05, 0) is 18.8 Å². The number of nitrogens with one attached hydrogen (secondary N) is 2. The highest BCUT2D eigenvalue weighted by Gasteiger charge is 2.51. The molecule has 4 amide bonds. The van der Waals surface area contributed by atoms with E-state index in [1.807, 2.05) is 13.8 Å².